The van der Waals surface area contributed by atoms with Gasteiger partial charge in [-0.05, 0) is 81.1 Å². The number of anilines is 2. The van der Waals surface area contributed by atoms with Gasteiger partial charge in [0.15, 0.2) is 0 Å². The van der Waals surface area contributed by atoms with Gasteiger partial charge >= 0.3 is 0 Å². The van der Waals surface area contributed by atoms with E-state index in [4.69, 9.17) is 21.6 Å². The van der Waals surface area contributed by atoms with Crippen LogP contribution in [0.2, 0.25) is 5.02 Å². The quantitative estimate of drug-likeness (QED) is 0.571. The second kappa shape index (κ2) is 8.31. The van der Waals surface area contributed by atoms with Crippen molar-refractivity contribution < 1.29 is 4.79 Å². The Morgan fingerprint density at radius 1 is 1.10 bits per heavy atom. The molecule has 158 valence electrons. The van der Waals surface area contributed by atoms with E-state index in [1.54, 1.807) is 24.3 Å². The van der Waals surface area contributed by atoms with Crippen molar-refractivity contribution in [2.45, 2.75) is 44.6 Å². The molecule has 5 nitrogen and oxygen atoms in total. The molecule has 1 fully saturated rings. The number of nitrogens with zero attached hydrogens (tertiary/aromatic N) is 3. The molecule has 2 aromatic heterocycles. The lowest BCUT2D eigenvalue weighted by Crippen LogP contribution is -2.29. The lowest BCUT2D eigenvalue weighted by Gasteiger charge is -2.30. The normalized spacial score (nSPS) is 16.5. The van der Waals surface area contributed by atoms with Gasteiger partial charge in [-0.3, -0.25) is 9.78 Å². The van der Waals surface area contributed by atoms with Crippen LogP contribution in [0.5, 0.6) is 0 Å². The number of rotatable bonds is 5. The van der Waals surface area contributed by atoms with Crippen LogP contribution in [0.3, 0.4) is 0 Å². The molecule has 1 N–H and O–H groups in total. The molecule has 1 aliphatic carbocycles. The number of hydrogen-bond acceptors (Lipinski definition) is 4. The van der Waals surface area contributed by atoms with Crippen molar-refractivity contribution in [2.75, 3.05) is 11.4 Å². The zero-order chi connectivity index (χ0) is 21.4. The van der Waals surface area contributed by atoms with E-state index < -0.39 is 0 Å². The third kappa shape index (κ3) is 4.28. The molecule has 5 rings (SSSR count). The van der Waals surface area contributed by atoms with Crippen LogP contribution in [0, 0.1) is 0 Å². The van der Waals surface area contributed by atoms with Crippen molar-refractivity contribution in [3.63, 3.8) is 0 Å². The number of carbonyl (C=O) groups is 1. The summed E-state index contributed by atoms with van der Waals surface area (Å²) in [5, 5.41) is 3.65. The van der Waals surface area contributed by atoms with E-state index >= 15 is 0 Å². The van der Waals surface area contributed by atoms with E-state index in [9.17, 15) is 4.79 Å². The molecule has 2 aliphatic rings. The highest BCUT2D eigenvalue weighted by Crippen LogP contribution is 2.40. The number of aryl methyl sites for hydroxylation is 1. The Labute approximate surface area is 187 Å². The molecule has 0 radical (unpaired) electrons. The van der Waals surface area contributed by atoms with Gasteiger partial charge < -0.3 is 10.2 Å². The molecular weight excluding hydrogens is 408 g/mol. The maximum Gasteiger partial charge on any atom is 0.251 e. The number of amides is 1. The summed E-state index contributed by atoms with van der Waals surface area (Å²) in [6.07, 6.45) is 4.46. The van der Waals surface area contributed by atoms with Crippen molar-refractivity contribution in [3.8, 4) is 0 Å². The predicted molar refractivity (Wildman–Crippen MR) is 123 cm³/mol. The first-order valence-corrected chi connectivity index (χ1v) is 11.3. The van der Waals surface area contributed by atoms with E-state index in [1.807, 2.05) is 13.0 Å². The van der Waals surface area contributed by atoms with Gasteiger partial charge in [-0.25, -0.2) is 4.98 Å². The lowest BCUT2D eigenvalue weighted by atomic mass is 10.0. The Kier molecular flexibility index (Phi) is 5.36. The van der Waals surface area contributed by atoms with Crippen molar-refractivity contribution in [1.29, 1.82) is 0 Å². The molecule has 0 saturated heterocycles. The first-order chi connectivity index (χ1) is 15.1. The number of fused-ring (bicyclic) bond motifs is 1. The van der Waals surface area contributed by atoms with Crippen LogP contribution in [-0.4, -0.2) is 22.4 Å². The van der Waals surface area contributed by atoms with E-state index in [1.165, 1.54) is 18.5 Å². The summed E-state index contributed by atoms with van der Waals surface area (Å²) >= 11 is 5.92. The van der Waals surface area contributed by atoms with Gasteiger partial charge in [0.2, 0.25) is 0 Å². The van der Waals surface area contributed by atoms with Gasteiger partial charge in [-0.1, -0.05) is 17.7 Å². The van der Waals surface area contributed by atoms with Gasteiger partial charge in [0.1, 0.15) is 5.82 Å². The van der Waals surface area contributed by atoms with Gasteiger partial charge in [0, 0.05) is 28.7 Å². The minimum atomic E-state index is -0.194. The van der Waals surface area contributed by atoms with E-state index in [2.05, 4.69) is 34.5 Å². The molecule has 1 amide bonds. The average Bonchev–Trinajstić information content (AvgIpc) is 3.64. The first-order valence-electron chi connectivity index (χ1n) is 10.9. The highest BCUT2D eigenvalue weighted by atomic mass is 35.5. The number of pyridine rings is 2. The van der Waals surface area contributed by atoms with Gasteiger partial charge in [-0.2, -0.15) is 0 Å². The average molecular weight is 433 g/mol. The highest BCUT2D eigenvalue weighted by molar-refractivity contribution is 6.30. The van der Waals surface area contributed by atoms with Crippen molar-refractivity contribution in [1.82, 2.24) is 15.3 Å². The summed E-state index contributed by atoms with van der Waals surface area (Å²) in [6, 6.07) is 17.2. The molecule has 3 heterocycles. The first kappa shape index (κ1) is 20.0. The topological polar surface area (TPSA) is 58.1 Å². The monoisotopic (exact) mass is 432 g/mol. The molecule has 1 unspecified atom stereocenters. The van der Waals surface area contributed by atoms with E-state index in [-0.39, 0.29) is 11.9 Å². The molecule has 3 aromatic rings. The minimum absolute atomic E-state index is 0.133. The highest BCUT2D eigenvalue weighted by Gasteiger charge is 2.27. The van der Waals surface area contributed by atoms with Crippen molar-refractivity contribution >= 4 is 29.0 Å². The second-order valence-electron chi connectivity index (χ2n) is 8.35. The molecule has 1 atom stereocenters. The van der Waals surface area contributed by atoms with E-state index in [0.29, 0.717) is 16.5 Å². The molecule has 6 heteroatoms. The summed E-state index contributed by atoms with van der Waals surface area (Å²) in [6.45, 7) is 2.90. The Balaban J connectivity index is 1.35. The zero-order valence-electron chi connectivity index (χ0n) is 17.5. The minimum Gasteiger partial charge on any atom is -0.344 e. The Morgan fingerprint density at radius 3 is 2.68 bits per heavy atom. The van der Waals surface area contributed by atoms with Gasteiger partial charge in [0.05, 0.1) is 23.1 Å². The summed E-state index contributed by atoms with van der Waals surface area (Å²) in [5.41, 5.74) is 4.83. The van der Waals surface area contributed by atoms with Crippen LogP contribution in [0.15, 0.2) is 54.6 Å². The molecule has 1 saturated carbocycles. The maximum absolute atomic E-state index is 12.6. The number of nitrogens with one attached hydrogen (secondary N) is 1. The number of benzene rings is 1. The fourth-order valence-electron chi connectivity index (χ4n) is 4.10. The lowest BCUT2D eigenvalue weighted by molar-refractivity contribution is 0.0939. The Bertz CT molecular complexity index is 1110. The van der Waals surface area contributed by atoms with Crippen molar-refractivity contribution in [3.05, 3.63) is 82.3 Å². The Morgan fingerprint density at radius 2 is 1.90 bits per heavy atom. The molecular formula is C25H25ClN4O. The standard InChI is InChI=1S/C25H25ClN4O/c1-16(27-25(31)18-9-11-19(26)12-10-18)20-13-14-23-22(28-20)5-3-15-30(23)24-6-2-4-21(29-24)17-7-8-17/h2,4,6,9-14,16-17H,3,5,7-8,15H2,1H3,(H,27,31). The van der Waals surface area contributed by atoms with Crippen LogP contribution in [0.25, 0.3) is 0 Å². The molecule has 0 spiro atoms. The number of halogens is 1. The van der Waals surface area contributed by atoms with Crippen molar-refractivity contribution in [2.24, 2.45) is 0 Å². The SMILES string of the molecule is CC(NC(=O)c1ccc(Cl)cc1)c1ccc2c(n1)CCCN2c1cccc(C2CC2)n1. The van der Waals surface area contributed by atoms with Crippen LogP contribution in [0.1, 0.15) is 65.6 Å². The third-order valence-corrected chi connectivity index (χ3v) is 6.24. The molecule has 1 aromatic carbocycles. The number of carbonyl (C=O) groups excluding carboxylic acids is 1. The predicted octanol–water partition coefficient (Wildman–Crippen LogP) is 5.58. The second-order valence-corrected chi connectivity index (χ2v) is 8.79. The number of hydrogen-bond donors (Lipinski definition) is 1. The fourth-order valence-corrected chi connectivity index (χ4v) is 4.22. The summed E-state index contributed by atoms with van der Waals surface area (Å²) in [5.74, 6) is 1.50. The maximum atomic E-state index is 12.6. The van der Waals surface area contributed by atoms with Crippen LogP contribution < -0.4 is 10.2 Å². The summed E-state index contributed by atoms with van der Waals surface area (Å²) in [7, 11) is 0. The molecule has 1 aliphatic heterocycles. The summed E-state index contributed by atoms with van der Waals surface area (Å²) in [4.78, 5) is 24.7. The summed E-state index contributed by atoms with van der Waals surface area (Å²) < 4.78 is 0. The largest absolute Gasteiger partial charge is 0.344 e. The zero-order valence-corrected chi connectivity index (χ0v) is 18.3. The van der Waals surface area contributed by atoms with Crippen LogP contribution >= 0.6 is 11.6 Å². The van der Waals surface area contributed by atoms with Crippen LogP contribution in [0.4, 0.5) is 11.5 Å². The molecule has 0 bridgehead atoms. The number of aromatic nitrogens is 2. The van der Waals surface area contributed by atoms with Gasteiger partial charge in [-0.15, -0.1) is 0 Å². The fraction of sp³-hybridized carbons (Fsp3) is 0.320. The van der Waals surface area contributed by atoms with Gasteiger partial charge in [0.25, 0.3) is 5.91 Å². The Hall–Kier alpha value is -2.92. The van der Waals surface area contributed by atoms with E-state index in [0.717, 1.165) is 42.3 Å². The molecule has 31 heavy (non-hydrogen) atoms. The van der Waals surface area contributed by atoms with Crippen LogP contribution in [-0.2, 0) is 6.42 Å². The third-order valence-electron chi connectivity index (χ3n) is 5.98. The smallest absolute Gasteiger partial charge is 0.251 e.